The van der Waals surface area contributed by atoms with Gasteiger partial charge in [0.25, 0.3) is 0 Å². The lowest BCUT2D eigenvalue weighted by molar-refractivity contribution is -0.126. The van der Waals surface area contributed by atoms with Gasteiger partial charge in [0, 0.05) is 36.0 Å². The van der Waals surface area contributed by atoms with Crippen LogP contribution < -0.4 is 4.74 Å². The lowest BCUT2D eigenvalue weighted by Crippen LogP contribution is -2.20. The van der Waals surface area contributed by atoms with Gasteiger partial charge < -0.3 is 9.64 Å². The van der Waals surface area contributed by atoms with Crippen LogP contribution in [0.15, 0.2) is 22.7 Å². The Morgan fingerprint density at radius 3 is 2.94 bits per heavy atom. The number of hydrogen-bond donors (Lipinski definition) is 0. The normalized spacial score (nSPS) is 19.4. The average molecular weight is 316 g/mol. The Bertz CT molecular complexity index is 453. The number of benzene rings is 1. The number of carbonyl (C=O) groups is 1. The van der Waals surface area contributed by atoms with Gasteiger partial charge in [0.05, 0.1) is 6.61 Å². The highest BCUT2D eigenvalue weighted by atomic mass is 79.9. The molecule has 1 heterocycles. The Balaban J connectivity index is 1.96. The fourth-order valence-electron chi connectivity index (χ4n) is 2.07. The summed E-state index contributed by atoms with van der Waals surface area (Å²) in [6, 6.07) is 5.28. The maximum absolute atomic E-state index is 12.8. The SMILES string of the molecule is CN1CC(COc2ccc(Br)cc2CF)CC1=O. The number of nitrogens with zero attached hydrogens (tertiary/aromatic N) is 1. The highest BCUT2D eigenvalue weighted by Gasteiger charge is 2.27. The number of likely N-dealkylation sites (tertiary alicyclic amines) is 1. The van der Waals surface area contributed by atoms with Crippen LogP contribution in [-0.4, -0.2) is 31.0 Å². The van der Waals surface area contributed by atoms with Crippen LogP contribution >= 0.6 is 15.9 Å². The molecule has 1 aromatic rings. The fourth-order valence-corrected chi connectivity index (χ4v) is 2.48. The number of alkyl halides is 1. The summed E-state index contributed by atoms with van der Waals surface area (Å²) in [7, 11) is 1.79. The van der Waals surface area contributed by atoms with Crippen molar-refractivity contribution >= 4 is 21.8 Å². The third-order valence-electron chi connectivity index (χ3n) is 3.06. The third-order valence-corrected chi connectivity index (χ3v) is 3.56. The first-order valence-corrected chi connectivity index (χ1v) is 6.60. The Labute approximate surface area is 114 Å². The lowest BCUT2D eigenvalue weighted by Gasteiger charge is -2.14. The second kappa shape index (κ2) is 5.69. The summed E-state index contributed by atoms with van der Waals surface area (Å²) in [5, 5.41) is 0. The molecule has 1 aromatic carbocycles. The highest BCUT2D eigenvalue weighted by molar-refractivity contribution is 9.10. The lowest BCUT2D eigenvalue weighted by atomic mass is 10.1. The summed E-state index contributed by atoms with van der Waals surface area (Å²) in [5.74, 6) is 0.895. The van der Waals surface area contributed by atoms with E-state index in [9.17, 15) is 9.18 Å². The molecule has 98 valence electrons. The van der Waals surface area contributed by atoms with E-state index in [4.69, 9.17) is 4.74 Å². The molecular weight excluding hydrogens is 301 g/mol. The van der Waals surface area contributed by atoms with Gasteiger partial charge in [0.1, 0.15) is 12.4 Å². The average Bonchev–Trinajstić information content (AvgIpc) is 2.67. The summed E-state index contributed by atoms with van der Waals surface area (Å²) in [6.07, 6.45) is 0.512. The minimum Gasteiger partial charge on any atom is -0.493 e. The van der Waals surface area contributed by atoms with Crippen LogP contribution in [-0.2, 0) is 11.5 Å². The van der Waals surface area contributed by atoms with Crippen LogP contribution in [0.2, 0.25) is 0 Å². The smallest absolute Gasteiger partial charge is 0.222 e. The van der Waals surface area contributed by atoms with Crippen molar-refractivity contribution in [3.05, 3.63) is 28.2 Å². The largest absolute Gasteiger partial charge is 0.493 e. The van der Waals surface area contributed by atoms with Gasteiger partial charge in [-0.3, -0.25) is 4.79 Å². The predicted octanol–water partition coefficient (Wildman–Crippen LogP) is 2.78. The molecule has 1 aliphatic heterocycles. The van der Waals surface area contributed by atoms with Crippen LogP contribution in [0.4, 0.5) is 4.39 Å². The molecule has 0 bridgehead atoms. The van der Waals surface area contributed by atoms with Crippen LogP contribution in [0.25, 0.3) is 0 Å². The van der Waals surface area contributed by atoms with Gasteiger partial charge >= 0.3 is 0 Å². The van der Waals surface area contributed by atoms with E-state index in [1.807, 2.05) is 6.07 Å². The van der Waals surface area contributed by atoms with Crippen molar-refractivity contribution in [3.8, 4) is 5.75 Å². The molecule has 0 N–H and O–H groups in total. The molecule has 0 radical (unpaired) electrons. The van der Waals surface area contributed by atoms with E-state index in [0.717, 1.165) is 4.47 Å². The zero-order chi connectivity index (χ0) is 13.1. The minimum absolute atomic E-state index is 0.144. The van der Waals surface area contributed by atoms with Crippen molar-refractivity contribution in [2.45, 2.75) is 13.1 Å². The highest BCUT2D eigenvalue weighted by Crippen LogP contribution is 2.25. The molecule has 0 aromatic heterocycles. The topological polar surface area (TPSA) is 29.5 Å². The summed E-state index contributed by atoms with van der Waals surface area (Å²) in [5.41, 5.74) is 0.530. The summed E-state index contributed by atoms with van der Waals surface area (Å²) >= 11 is 3.30. The number of ether oxygens (including phenoxy) is 1. The number of hydrogen-bond acceptors (Lipinski definition) is 2. The zero-order valence-electron chi connectivity index (χ0n) is 10.2. The summed E-state index contributed by atoms with van der Waals surface area (Å²) < 4.78 is 19.3. The number of carbonyl (C=O) groups excluding carboxylic acids is 1. The molecule has 1 unspecified atom stereocenters. The number of rotatable bonds is 4. The maximum atomic E-state index is 12.8. The molecule has 1 amide bonds. The molecule has 0 aliphatic carbocycles. The standard InChI is InChI=1S/C13H15BrFNO2/c1-16-7-9(4-13(16)17)8-18-12-3-2-11(14)5-10(12)6-15/h2-3,5,9H,4,6-8H2,1H3. The van der Waals surface area contributed by atoms with Crippen LogP contribution in [0.1, 0.15) is 12.0 Å². The maximum Gasteiger partial charge on any atom is 0.222 e. The van der Waals surface area contributed by atoms with E-state index in [-0.39, 0.29) is 11.8 Å². The number of halogens is 2. The molecule has 0 spiro atoms. The molecule has 1 saturated heterocycles. The van der Waals surface area contributed by atoms with Crippen molar-refractivity contribution in [1.82, 2.24) is 4.90 Å². The van der Waals surface area contributed by atoms with E-state index < -0.39 is 6.67 Å². The predicted molar refractivity (Wildman–Crippen MR) is 70.2 cm³/mol. The Morgan fingerprint density at radius 2 is 2.33 bits per heavy atom. The van der Waals surface area contributed by atoms with Crippen molar-refractivity contribution in [3.63, 3.8) is 0 Å². The summed E-state index contributed by atoms with van der Waals surface area (Å²) in [6.45, 7) is 0.601. The molecule has 5 heteroatoms. The summed E-state index contributed by atoms with van der Waals surface area (Å²) in [4.78, 5) is 13.1. The first-order valence-electron chi connectivity index (χ1n) is 5.81. The van der Waals surface area contributed by atoms with Crippen LogP contribution in [0.3, 0.4) is 0 Å². The monoisotopic (exact) mass is 315 g/mol. The van der Waals surface area contributed by atoms with Gasteiger partial charge in [-0.1, -0.05) is 15.9 Å². The van der Waals surface area contributed by atoms with Crippen LogP contribution in [0, 0.1) is 5.92 Å². The Hall–Kier alpha value is -1.10. The Kier molecular flexibility index (Phi) is 4.22. The minimum atomic E-state index is -0.557. The van der Waals surface area contributed by atoms with Gasteiger partial charge in [-0.25, -0.2) is 4.39 Å². The van der Waals surface area contributed by atoms with Crippen molar-refractivity contribution < 1.29 is 13.9 Å². The molecule has 1 atom stereocenters. The van der Waals surface area contributed by atoms with E-state index in [2.05, 4.69) is 15.9 Å². The van der Waals surface area contributed by atoms with Gasteiger partial charge in [-0.05, 0) is 18.2 Å². The van der Waals surface area contributed by atoms with Crippen molar-refractivity contribution in [2.24, 2.45) is 5.92 Å². The molecule has 1 aliphatic rings. The second-order valence-electron chi connectivity index (χ2n) is 4.54. The van der Waals surface area contributed by atoms with Gasteiger partial charge in [-0.15, -0.1) is 0 Å². The van der Waals surface area contributed by atoms with E-state index in [1.54, 1.807) is 24.1 Å². The van der Waals surface area contributed by atoms with E-state index >= 15 is 0 Å². The first kappa shape index (κ1) is 13.3. The zero-order valence-corrected chi connectivity index (χ0v) is 11.7. The third kappa shape index (κ3) is 3.02. The van der Waals surface area contributed by atoms with Gasteiger partial charge in [0.15, 0.2) is 0 Å². The van der Waals surface area contributed by atoms with Gasteiger partial charge in [-0.2, -0.15) is 0 Å². The van der Waals surface area contributed by atoms with E-state index in [0.29, 0.717) is 30.9 Å². The number of amides is 1. The molecule has 2 rings (SSSR count). The quantitative estimate of drug-likeness (QED) is 0.855. The molecular formula is C13H15BrFNO2. The van der Waals surface area contributed by atoms with Crippen molar-refractivity contribution in [2.75, 3.05) is 20.2 Å². The second-order valence-corrected chi connectivity index (χ2v) is 5.46. The Morgan fingerprint density at radius 1 is 1.56 bits per heavy atom. The van der Waals surface area contributed by atoms with Crippen molar-refractivity contribution in [1.29, 1.82) is 0 Å². The van der Waals surface area contributed by atoms with E-state index in [1.165, 1.54) is 0 Å². The molecule has 18 heavy (non-hydrogen) atoms. The molecule has 0 saturated carbocycles. The van der Waals surface area contributed by atoms with Gasteiger partial charge in [0.2, 0.25) is 5.91 Å². The van der Waals surface area contributed by atoms with Crippen LogP contribution in [0.5, 0.6) is 5.75 Å². The molecule has 3 nitrogen and oxygen atoms in total. The first-order chi connectivity index (χ1) is 8.60. The fraction of sp³-hybridized carbons (Fsp3) is 0.462. The molecule has 1 fully saturated rings.